The predicted molar refractivity (Wildman–Crippen MR) is 66.4 cm³/mol. The molecule has 0 bridgehead atoms. The third-order valence-corrected chi connectivity index (χ3v) is 3.79. The molecule has 31 heavy (non-hydrogen) atoms. The summed E-state index contributed by atoms with van der Waals surface area (Å²) in [6.07, 6.45) is -7.31. The fraction of sp³-hybridized carbons (Fsp3) is 0.200. The fourth-order valence-electron chi connectivity index (χ4n) is 2.32. The number of rotatable bonds is 3. The summed E-state index contributed by atoms with van der Waals surface area (Å²) in [5.74, 6) is -44.4. The zero-order chi connectivity index (χ0) is 24.4. The van der Waals surface area contributed by atoms with Crippen LogP contribution in [0.25, 0.3) is 11.1 Å². The van der Waals surface area contributed by atoms with E-state index in [4.69, 9.17) is 0 Å². The number of hydrogen-bond acceptors (Lipinski definition) is 0. The van der Waals surface area contributed by atoms with Crippen molar-refractivity contribution >= 4 is 0 Å². The van der Waals surface area contributed by atoms with Crippen LogP contribution >= 0.6 is 0 Å². The molecule has 0 radical (unpaired) electrons. The number of alkyl halides is 7. The second-order valence-corrected chi connectivity index (χ2v) is 5.60. The molecule has 0 saturated heterocycles. The van der Waals surface area contributed by atoms with Crippen molar-refractivity contribution < 1.29 is 70.2 Å². The molecule has 2 rings (SSSR count). The maximum absolute atomic E-state index is 14.0. The SMILES string of the molecule is Fc1c(F)c(F)c(-c2c(F)c(F)c(F)c(F)c2C(F)(F)C(F)(F)C(F)(F)F)c(F)c1F. The molecule has 0 unspecified atom stereocenters. The van der Waals surface area contributed by atoms with Crippen LogP contribution in [0.1, 0.15) is 5.56 Å². The highest BCUT2D eigenvalue weighted by molar-refractivity contribution is 5.71. The Bertz CT molecular complexity index is 1040. The monoisotopic (exact) mass is 484 g/mol. The van der Waals surface area contributed by atoms with E-state index in [0.717, 1.165) is 0 Å². The third kappa shape index (κ3) is 3.26. The van der Waals surface area contributed by atoms with E-state index in [-0.39, 0.29) is 0 Å². The molecule has 0 N–H and O–H groups in total. The average Bonchev–Trinajstić information content (AvgIpc) is 2.65. The highest BCUT2D eigenvalue weighted by Gasteiger charge is 2.75. The maximum atomic E-state index is 14.0. The Kier molecular flexibility index (Phi) is 5.70. The summed E-state index contributed by atoms with van der Waals surface area (Å²) in [5, 5.41) is 0. The van der Waals surface area contributed by atoms with Crippen molar-refractivity contribution in [2.24, 2.45) is 0 Å². The Morgan fingerprint density at radius 3 is 1.00 bits per heavy atom. The van der Waals surface area contributed by atoms with E-state index in [1.807, 2.05) is 0 Å². The molecular weight excluding hydrogens is 484 g/mol. The van der Waals surface area contributed by atoms with Crippen LogP contribution in [-0.4, -0.2) is 12.1 Å². The first-order chi connectivity index (χ1) is 13.8. The van der Waals surface area contributed by atoms with E-state index in [2.05, 4.69) is 0 Å². The molecule has 0 aliphatic rings. The van der Waals surface area contributed by atoms with E-state index in [1.165, 1.54) is 0 Å². The second kappa shape index (κ2) is 7.19. The van der Waals surface area contributed by atoms with Gasteiger partial charge in [-0.2, -0.15) is 30.7 Å². The Balaban J connectivity index is 3.21. The minimum Gasteiger partial charge on any atom is -0.203 e. The van der Waals surface area contributed by atoms with Gasteiger partial charge in [0.1, 0.15) is 0 Å². The maximum Gasteiger partial charge on any atom is 0.460 e. The molecule has 0 aromatic heterocycles. The zero-order valence-corrected chi connectivity index (χ0v) is 13.5. The van der Waals surface area contributed by atoms with Gasteiger partial charge in [0.15, 0.2) is 46.5 Å². The summed E-state index contributed by atoms with van der Waals surface area (Å²) < 4.78 is 214. The van der Waals surface area contributed by atoms with Crippen LogP contribution in [0, 0.1) is 52.4 Å². The number of hydrogen-bond donors (Lipinski definition) is 0. The van der Waals surface area contributed by atoms with Gasteiger partial charge in [-0.25, -0.2) is 39.5 Å². The number of benzene rings is 2. The van der Waals surface area contributed by atoms with Gasteiger partial charge in [-0.15, -0.1) is 0 Å². The first-order valence-electron chi connectivity index (χ1n) is 7.02. The Labute approximate surface area is 158 Å². The summed E-state index contributed by atoms with van der Waals surface area (Å²) in [7, 11) is 0. The normalized spacial score (nSPS) is 13.2. The standard InChI is InChI=1S/C15F16/c16-4-1(2-5(17)9(21)12(24)10(22)6(2)18)3(7(19)11(23)8(4)20)13(25,26)14(27,28)15(29,30)31. The quantitative estimate of drug-likeness (QED) is 0.253. The molecule has 0 nitrogen and oxygen atoms in total. The Morgan fingerprint density at radius 1 is 0.355 bits per heavy atom. The van der Waals surface area contributed by atoms with Gasteiger partial charge in [-0.05, 0) is 0 Å². The van der Waals surface area contributed by atoms with E-state index in [1.54, 1.807) is 0 Å². The van der Waals surface area contributed by atoms with Crippen LogP contribution in [0.4, 0.5) is 70.2 Å². The topological polar surface area (TPSA) is 0 Å². The fourth-order valence-corrected chi connectivity index (χ4v) is 2.32. The lowest BCUT2D eigenvalue weighted by Crippen LogP contribution is -2.50. The van der Waals surface area contributed by atoms with E-state index in [9.17, 15) is 70.2 Å². The van der Waals surface area contributed by atoms with Crippen LogP contribution in [-0.2, 0) is 5.92 Å². The first kappa shape index (κ1) is 24.6. The minimum absolute atomic E-state index is 3.05. The smallest absolute Gasteiger partial charge is 0.203 e. The Morgan fingerprint density at radius 2 is 0.645 bits per heavy atom. The van der Waals surface area contributed by atoms with E-state index in [0.29, 0.717) is 0 Å². The Hall–Kier alpha value is -2.68. The molecule has 0 saturated carbocycles. The van der Waals surface area contributed by atoms with Gasteiger partial charge in [0.25, 0.3) is 0 Å². The molecule has 172 valence electrons. The molecule has 2 aromatic rings. The highest BCUT2D eigenvalue weighted by Crippen LogP contribution is 2.55. The van der Waals surface area contributed by atoms with E-state index >= 15 is 0 Å². The van der Waals surface area contributed by atoms with Gasteiger partial charge in [-0.3, -0.25) is 0 Å². The van der Waals surface area contributed by atoms with Gasteiger partial charge in [0.2, 0.25) is 5.82 Å². The van der Waals surface area contributed by atoms with Crippen LogP contribution in [0.2, 0.25) is 0 Å². The van der Waals surface area contributed by atoms with Crippen LogP contribution in [0.5, 0.6) is 0 Å². The van der Waals surface area contributed by atoms with Gasteiger partial charge in [0, 0.05) is 5.56 Å². The lowest BCUT2D eigenvalue weighted by atomic mass is 9.90. The van der Waals surface area contributed by atoms with Crippen molar-refractivity contribution in [2.75, 3.05) is 0 Å². The molecular formula is C15F16. The van der Waals surface area contributed by atoms with Crippen molar-refractivity contribution in [3.8, 4) is 11.1 Å². The first-order valence-corrected chi connectivity index (χ1v) is 7.02. The van der Waals surface area contributed by atoms with Crippen LogP contribution in [0.15, 0.2) is 0 Å². The molecule has 0 fully saturated rings. The molecule has 0 atom stereocenters. The van der Waals surface area contributed by atoms with Crippen molar-refractivity contribution in [3.63, 3.8) is 0 Å². The third-order valence-electron chi connectivity index (χ3n) is 3.79. The average molecular weight is 484 g/mol. The molecule has 0 heterocycles. The van der Waals surface area contributed by atoms with Crippen molar-refractivity contribution in [2.45, 2.75) is 18.0 Å². The number of halogens is 16. The molecule has 0 spiro atoms. The minimum atomic E-state index is -7.43. The van der Waals surface area contributed by atoms with Crippen molar-refractivity contribution in [3.05, 3.63) is 57.9 Å². The van der Waals surface area contributed by atoms with Gasteiger partial charge < -0.3 is 0 Å². The molecule has 2 aromatic carbocycles. The molecule has 16 heteroatoms. The van der Waals surface area contributed by atoms with Gasteiger partial charge >= 0.3 is 18.0 Å². The predicted octanol–water partition coefficient (Wildman–Crippen LogP) is 6.89. The largest absolute Gasteiger partial charge is 0.460 e. The lowest BCUT2D eigenvalue weighted by Gasteiger charge is -2.30. The van der Waals surface area contributed by atoms with Crippen LogP contribution < -0.4 is 0 Å². The van der Waals surface area contributed by atoms with Gasteiger partial charge in [0.05, 0.1) is 11.1 Å². The van der Waals surface area contributed by atoms with Gasteiger partial charge in [-0.1, -0.05) is 0 Å². The molecule has 0 amide bonds. The summed E-state index contributed by atoms with van der Waals surface area (Å²) >= 11 is 0. The highest BCUT2D eigenvalue weighted by atomic mass is 19.4. The van der Waals surface area contributed by atoms with Crippen molar-refractivity contribution in [1.29, 1.82) is 0 Å². The summed E-state index contributed by atoms with van der Waals surface area (Å²) in [4.78, 5) is 0. The summed E-state index contributed by atoms with van der Waals surface area (Å²) in [6, 6.07) is 0. The van der Waals surface area contributed by atoms with Crippen molar-refractivity contribution in [1.82, 2.24) is 0 Å². The lowest BCUT2D eigenvalue weighted by molar-refractivity contribution is -0.360. The summed E-state index contributed by atoms with van der Waals surface area (Å²) in [5.41, 5.74) is -10.2. The van der Waals surface area contributed by atoms with E-state index < -0.39 is 87.1 Å². The molecule has 0 aliphatic carbocycles. The molecule has 0 aliphatic heterocycles. The second-order valence-electron chi connectivity index (χ2n) is 5.60. The zero-order valence-electron chi connectivity index (χ0n) is 13.5. The van der Waals surface area contributed by atoms with Crippen LogP contribution in [0.3, 0.4) is 0 Å². The summed E-state index contributed by atoms with van der Waals surface area (Å²) in [6.45, 7) is 0.